The molecule has 3 fully saturated rings. The maximum absolute atomic E-state index is 13.6. The van der Waals surface area contributed by atoms with Gasteiger partial charge in [-0.1, -0.05) is 43.3 Å². The lowest BCUT2D eigenvalue weighted by molar-refractivity contribution is -0.388. The van der Waals surface area contributed by atoms with Crippen molar-refractivity contribution in [3.05, 3.63) is 66.6 Å². The smallest absolute Gasteiger partial charge is 0.286 e. The summed E-state index contributed by atoms with van der Waals surface area (Å²) in [6.45, 7) is 8.83. The minimum atomic E-state index is -1.20. The Bertz CT molecular complexity index is 1220. The second-order valence-electron chi connectivity index (χ2n) is 12.4. The fourth-order valence-electron chi connectivity index (χ4n) is 7.10. The van der Waals surface area contributed by atoms with Gasteiger partial charge in [0.2, 0.25) is 0 Å². The maximum Gasteiger partial charge on any atom is 0.286 e. The Morgan fingerprint density at radius 1 is 1.29 bits per heavy atom. The van der Waals surface area contributed by atoms with Crippen molar-refractivity contribution >= 4 is 17.8 Å². The quantitative estimate of drug-likeness (QED) is 0.293. The topological polar surface area (TPSA) is 97.8 Å². The number of ether oxygens (including phenoxy) is 3. The third-order valence-electron chi connectivity index (χ3n) is 9.40. The van der Waals surface area contributed by atoms with E-state index in [2.05, 4.69) is 11.5 Å². The number of ketones is 1. The third-order valence-corrected chi connectivity index (χ3v) is 9.40. The number of hydroxylamine groups is 2. The van der Waals surface area contributed by atoms with Crippen LogP contribution in [-0.2, 0) is 28.6 Å². The van der Waals surface area contributed by atoms with Crippen LogP contribution in [0.25, 0.3) is 6.08 Å². The lowest BCUT2D eigenvalue weighted by Crippen LogP contribution is -2.48. The number of allylic oxidation sites excluding steroid dienone is 2. The van der Waals surface area contributed by atoms with Crippen LogP contribution in [0.1, 0.15) is 51.5 Å². The van der Waals surface area contributed by atoms with Crippen molar-refractivity contribution in [2.24, 2.45) is 23.7 Å². The van der Waals surface area contributed by atoms with Crippen LogP contribution in [0, 0.1) is 23.7 Å². The lowest BCUT2D eigenvalue weighted by Gasteiger charge is -2.41. The van der Waals surface area contributed by atoms with Crippen molar-refractivity contribution in [2.45, 2.75) is 69.6 Å². The molecule has 9 heteroatoms. The van der Waals surface area contributed by atoms with Gasteiger partial charge in [0, 0.05) is 50.4 Å². The van der Waals surface area contributed by atoms with Crippen molar-refractivity contribution < 1.29 is 33.7 Å². The summed E-state index contributed by atoms with van der Waals surface area (Å²) in [5.74, 6) is -1.93. The average molecular weight is 581 g/mol. The van der Waals surface area contributed by atoms with E-state index in [4.69, 9.17) is 19.0 Å². The molecule has 1 aromatic carbocycles. The van der Waals surface area contributed by atoms with Crippen LogP contribution in [0.2, 0.25) is 0 Å². The summed E-state index contributed by atoms with van der Waals surface area (Å²) in [6.07, 6.45) is 9.85. The molecule has 0 aromatic heterocycles. The fraction of sp³-hybridized carbons (Fsp3) is 0.576. The SMILES string of the molecule is C=CC[C@@H]1C(O)=C[C@H](CC(=O)C[C@H](C)C23OCCC(C)(CO2)O3)[C@H]2C[C@@H](C(=O)N(C)OC)N(/C=C/c3ccccc3)[C@@H]21. The molecule has 3 aliphatic heterocycles. The molecule has 0 radical (unpaired) electrons. The van der Waals surface area contributed by atoms with E-state index in [1.54, 1.807) is 13.1 Å². The number of rotatable bonds is 11. The molecule has 3 saturated heterocycles. The number of aliphatic hydroxyl groups is 1. The van der Waals surface area contributed by atoms with E-state index >= 15 is 0 Å². The first-order chi connectivity index (χ1) is 20.1. The van der Waals surface area contributed by atoms with Gasteiger partial charge in [0.1, 0.15) is 11.8 Å². The molecule has 8 atom stereocenters. The van der Waals surface area contributed by atoms with Gasteiger partial charge < -0.3 is 24.2 Å². The minimum absolute atomic E-state index is 0.0389. The van der Waals surface area contributed by atoms with Gasteiger partial charge in [-0.2, -0.15) is 0 Å². The van der Waals surface area contributed by atoms with E-state index < -0.39 is 17.6 Å². The second-order valence-corrected chi connectivity index (χ2v) is 12.4. The van der Waals surface area contributed by atoms with Crippen molar-refractivity contribution in [3.8, 4) is 0 Å². The Morgan fingerprint density at radius 2 is 2.05 bits per heavy atom. The number of nitrogens with zero attached hydrogens (tertiary/aromatic N) is 2. The van der Waals surface area contributed by atoms with Crippen LogP contribution in [0.5, 0.6) is 0 Å². The highest BCUT2D eigenvalue weighted by atomic mass is 16.9. The predicted molar refractivity (Wildman–Crippen MR) is 157 cm³/mol. The highest BCUT2D eigenvalue weighted by Gasteiger charge is 2.56. The highest BCUT2D eigenvalue weighted by molar-refractivity contribution is 5.82. The lowest BCUT2D eigenvalue weighted by atomic mass is 9.71. The summed E-state index contributed by atoms with van der Waals surface area (Å²) in [5.41, 5.74) is 0.610. The van der Waals surface area contributed by atoms with Gasteiger partial charge >= 0.3 is 0 Å². The van der Waals surface area contributed by atoms with Crippen molar-refractivity contribution in [1.29, 1.82) is 0 Å². The van der Waals surface area contributed by atoms with E-state index in [9.17, 15) is 14.7 Å². The van der Waals surface area contributed by atoms with E-state index in [0.29, 0.717) is 26.1 Å². The van der Waals surface area contributed by atoms with Crippen molar-refractivity contribution in [3.63, 3.8) is 0 Å². The number of hydrogen-bond acceptors (Lipinski definition) is 8. The maximum atomic E-state index is 13.6. The zero-order chi connectivity index (χ0) is 30.1. The van der Waals surface area contributed by atoms with Gasteiger partial charge in [0.15, 0.2) is 0 Å². The largest absolute Gasteiger partial charge is 0.512 e. The van der Waals surface area contributed by atoms with Crippen LogP contribution in [0.3, 0.4) is 0 Å². The Labute approximate surface area is 248 Å². The molecular formula is C33H44N2O7. The first-order valence-electron chi connectivity index (χ1n) is 14.9. The number of likely N-dealkylation sites (tertiary alicyclic amines) is 1. The predicted octanol–water partition coefficient (Wildman–Crippen LogP) is 4.87. The van der Waals surface area contributed by atoms with Crippen LogP contribution < -0.4 is 0 Å². The Morgan fingerprint density at radius 3 is 2.76 bits per heavy atom. The molecule has 1 aliphatic carbocycles. The first kappa shape index (κ1) is 30.5. The molecular weight excluding hydrogens is 536 g/mol. The van der Waals surface area contributed by atoms with Crippen LogP contribution in [-0.4, -0.2) is 77.8 Å². The second kappa shape index (κ2) is 12.3. The molecule has 0 saturated carbocycles. The molecule has 1 N–H and O–H groups in total. The molecule has 2 bridgehead atoms. The van der Waals surface area contributed by atoms with Crippen LogP contribution >= 0.6 is 0 Å². The van der Waals surface area contributed by atoms with Gasteiger partial charge in [-0.05, 0) is 49.3 Å². The van der Waals surface area contributed by atoms with Crippen molar-refractivity contribution in [1.82, 2.24) is 9.96 Å². The number of fused-ring (bicyclic) bond motifs is 3. The van der Waals surface area contributed by atoms with Gasteiger partial charge in [-0.3, -0.25) is 14.4 Å². The number of hydrogen-bond donors (Lipinski definition) is 1. The molecule has 0 spiro atoms. The summed E-state index contributed by atoms with van der Waals surface area (Å²) < 4.78 is 18.1. The van der Waals surface area contributed by atoms with E-state index in [1.807, 2.05) is 62.5 Å². The summed E-state index contributed by atoms with van der Waals surface area (Å²) >= 11 is 0. The minimum Gasteiger partial charge on any atom is -0.512 e. The van der Waals surface area contributed by atoms with E-state index in [-0.39, 0.29) is 60.0 Å². The number of amides is 1. The van der Waals surface area contributed by atoms with Gasteiger partial charge in [-0.25, -0.2) is 5.06 Å². The van der Waals surface area contributed by atoms with Crippen LogP contribution in [0.4, 0.5) is 0 Å². The normalized spacial score (nSPS) is 34.6. The van der Waals surface area contributed by atoms with E-state index in [1.165, 1.54) is 12.2 Å². The number of carbonyl (C=O) groups is 2. The number of benzene rings is 1. The van der Waals surface area contributed by atoms with Gasteiger partial charge in [-0.15, -0.1) is 6.58 Å². The highest BCUT2D eigenvalue weighted by Crippen LogP contribution is 2.49. The zero-order valence-electron chi connectivity index (χ0n) is 25.1. The third kappa shape index (κ3) is 5.93. The van der Waals surface area contributed by atoms with Crippen LogP contribution in [0.15, 0.2) is 61.0 Å². The molecule has 1 amide bonds. The number of Topliss-reactive ketones (excluding diaryl/α,β-unsaturated/α-hetero) is 1. The molecule has 5 rings (SSSR count). The van der Waals surface area contributed by atoms with E-state index in [0.717, 1.165) is 12.0 Å². The fourth-order valence-corrected chi connectivity index (χ4v) is 7.10. The Balaban J connectivity index is 1.40. The zero-order valence-corrected chi connectivity index (χ0v) is 25.1. The summed E-state index contributed by atoms with van der Waals surface area (Å²) in [4.78, 5) is 34.4. The number of aliphatic hydroxyl groups excluding tert-OH is 1. The van der Waals surface area contributed by atoms with Gasteiger partial charge in [0.25, 0.3) is 11.9 Å². The van der Waals surface area contributed by atoms with Gasteiger partial charge in [0.05, 0.1) is 31.7 Å². The molecule has 9 nitrogen and oxygen atoms in total. The average Bonchev–Trinajstić information content (AvgIpc) is 3.47. The Kier molecular flexibility index (Phi) is 8.94. The molecule has 1 aromatic rings. The molecule has 3 heterocycles. The molecule has 2 unspecified atom stereocenters. The number of likely N-dealkylation sites (N-methyl/N-ethyl adjacent to an activating group) is 1. The first-order valence-corrected chi connectivity index (χ1v) is 14.9. The summed E-state index contributed by atoms with van der Waals surface area (Å²) in [5, 5.41) is 12.5. The molecule has 4 aliphatic rings. The summed E-state index contributed by atoms with van der Waals surface area (Å²) in [7, 11) is 3.07. The monoisotopic (exact) mass is 580 g/mol. The molecule has 42 heavy (non-hydrogen) atoms. The number of carbonyl (C=O) groups excluding carboxylic acids is 2. The standard InChI is InChI=1S/C33H44N2O7/c1-6-10-26-29(37)19-24(18-25(36)17-22(2)33-40-16-14-32(3,42-33)21-41-33)27-20-28(31(38)34(4)39-5)35(30(26)27)15-13-23-11-8-7-9-12-23/h6-9,11-13,15,19,22,24,26-28,30,37H,1,10,14,16-18,20-21H2,2-5H3/b15-13+/t22-,24-,26+,27+,28-,30+,32?,33?/m0/s1. The Hall–Kier alpha value is -2.98. The molecule has 228 valence electrons. The van der Waals surface area contributed by atoms with Crippen molar-refractivity contribution in [2.75, 3.05) is 27.4 Å². The summed E-state index contributed by atoms with van der Waals surface area (Å²) in [6, 6.07) is 9.17.